The van der Waals surface area contributed by atoms with Crippen LogP contribution < -0.4 is 5.32 Å². The number of benzene rings is 1. The maximum absolute atomic E-state index is 13.3. The van der Waals surface area contributed by atoms with Gasteiger partial charge in [0.15, 0.2) is 11.6 Å². The average molecular weight is 322 g/mol. The van der Waals surface area contributed by atoms with Gasteiger partial charge < -0.3 is 5.32 Å². The first-order valence-electron chi connectivity index (χ1n) is 5.66. The quantitative estimate of drug-likeness (QED) is 0.832. The Morgan fingerprint density at radius 2 is 1.95 bits per heavy atom. The molecule has 2 rings (SSSR count). The molecule has 102 valence electrons. The van der Waals surface area contributed by atoms with Crippen molar-refractivity contribution in [2.45, 2.75) is 13.0 Å². The van der Waals surface area contributed by atoms with Gasteiger partial charge in [-0.15, -0.1) is 11.3 Å². The fraction of sp³-hybridized carbons (Fsp3) is 0.231. The number of thiophene rings is 1. The topological polar surface area (TPSA) is 12.0 Å². The normalized spacial score (nSPS) is 12.7. The fourth-order valence-corrected chi connectivity index (χ4v) is 3.39. The van der Waals surface area contributed by atoms with Gasteiger partial charge in [0.2, 0.25) is 0 Å². The van der Waals surface area contributed by atoms with Gasteiger partial charge in [-0.05, 0) is 30.3 Å². The van der Waals surface area contributed by atoms with Crippen LogP contribution in [0.1, 0.15) is 24.1 Å². The van der Waals surface area contributed by atoms with Crippen molar-refractivity contribution in [2.24, 2.45) is 0 Å². The van der Waals surface area contributed by atoms with Crippen molar-refractivity contribution in [1.29, 1.82) is 0 Å². The van der Waals surface area contributed by atoms with Crippen molar-refractivity contribution >= 4 is 34.5 Å². The highest BCUT2D eigenvalue weighted by Gasteiger charge is 2.20. The van der Waals surface area contributed by atoms with E-state index in [1.165, 1.54) is 23.5 Å². The van der Waals surface area contributed by atoms with Crippen molar-refractivity contribution in [1.82, 2.24) is 5.32 Å². The summed E-state index contributed by atoms with van der Waals surface area (Å²) < 4.78 is 27.4. The molecular weight excluding hydrogens is 311 g/mol. The number of halogens is 4. The van der Waals surface area contributed by atoms with Crippen LogP contribution in [-0.4, -0.2) is 6.54 Å². The monoisotopic (exact) mass is 321 g/mol. The summed E-state index contributed by atoms with van der Waals surface area (Å²) in [5.41, 5.74) is 1.38. The van der Waals surface area contributed by atoms with Crippen LogP contribution in [0.2, 0.25) is 8.67 Å². The van der Waals surface area contributed by atoms with Crippen molar-refractivity contribution in [2.75, 3.05) is 6.54 Å². The van der Waals surface area contributed by atoms with E-state index in [-0.39, 0.29) is 6.04 Å². The zero-order chi connectivity index (χ0) is 14.0. The molecule has 0 spiro atoms. The van der Waals surface area contributed by atoms with E-state index in [1.54, 1.807) is 6.07 Å². The third kappa shape index (κ3) is 3.26. The predicted octanol–water partition coefficient (Wildman–Crippen LogP) is 5.03. The van der Waals surface area contributed by atoms with E-state index in [0.29, 0.717) is 20.8 Å². The van der Waals surface area contributed by atoms with E-state index in [0.717, 1.165) is 11.6 Å². The molecule has 1 N–H and O–H groups in total. The maximum Gasteiger partial charge on any atom is 0.159 e. The van der Waals surface area contributed by atoms with Crippen LogP contribution in [0, 0.1) is 11.6 Å². The second-order valence-electron chi connectivity index (χ2n) is 3.94. The van der Waals surface area contributed by atoms with Gasteiger partial charge in [0.1, 0.15) is 0 Å². The van der Waals surface area contributed by atoms with E-state index < -0.39 is 11.6 Å². The molecule has 19 heavy (non-hydrogen) atoms. The zero-order valence-electron chi connectivity index (χ0n) is 10.0. The average Bonchev–Trinajstić information content (AvgIpc) is 2.69. The van der Waals surface area contributed by atoms with Gasteiger partial charge in [0.05, 0.1) is 14.7 Å². The van der Waals surface area contributed by atoms with Crippen LogP contribution in [0.15, 0.2) is 24.3 Å². The first-order chi connectivity index (χ1) is 9.02. The molecule has 0 bridgehead atoms. The van der Waals surface area contributed by atoms with Gasteiger partial charge >= 0.3 is 0 Å². The molecule has 1 aromatic carbocycles. The van der Waals surface area contributed by atoms with E-state index in [1.807, 2.05) is 6.92 Å². The highest BCUT2D eigenvalue weighted by Crippen LogP contribution is 2.37. The summed E-state index contributed by atoms with van der Waals surface area (Å²) >= 11 is 13.3. The predicted molar refractivity (Wildman–Crippen MR) is 76.2 cm³/mol. The second kappa shape index (κ2) is 6.18. The minimum atomic E-state index is -0.877. The molecule has 0 aliphatic heterocycles. The second-order valence-corrected chi connectivity index (χ2v) is 6.23. The lowest BCUT2D eigenvalue weighted by molar-refractivity contribution is 0.504. The summed E-state index contributed by atoms with van der Waals surface area (Å²) in [6.45, 7) is 2.59. The number of nitrogens with one attached hydrogen (secondary N) is 1. The van der Waals surface area contributed by atoms with Crippen LogP contribution in [0.25, 0.3) is 0 Å². The molecule has 1 aromatic heterocycles. The van der Waals surface area contributed by atoms with Crippen molar-refractivity contribution < 1.29 is 8.78 Å². The molecular formula is C13H11Cl2F2NS. The van der Waals surface area contributed by atoms with Crippen molar-refractivity contribution in [3.8, 4) is 0 Å². The summed E-state index contributed by atoms with van der Waals surface area (Å²) in [6.07, 6.45) is 0. The smallest absolute Gasteiger partial charge is 0.159 e. The Kier molecular flexibility index (Phi) is 4.79. The lowest BCUT2D eigenvalue weighted by Gasteiger charge is -2.18. The van der Waals surface area contributed by atoms with Crippen LogP contribution in [0.4, 0.5) is 8.78 Å². The third-order valence-electron chi connectivity index (χ3n) is 2.68. The Bertz CT molecular complexity index is 586. The van der Waals surface area contributed by atoms with Crippen LogP contribution in [-0.2, 0) is 0 Å². The van der Waals surface area contributed by atoms with Crippen LogP contribution in [0.3, 0.4) is 0 Å². The minimum absolute atomic E-state index is 0.309. The molecule has 2 aromatic rings. The molecule has 0 radical (unpaired) electrons. The Balaban J connectivity index is 2.44. The maximum atomic E-state index is 13.3. The minimum Gasteiger partial charge on any atom is -0.306 e. The van der Waals surface area contributed by atoms with E-state index >= 15 is 0 Å². The third-order valence-corrected chi connectivity index (χ3v) is 4.20. The molecule has 0 saturated heterocycles. The largest absolute Gasteiger partial charge is 0.306 e. The summed E-state index contributed by atoms with van der Waals surface area (Å²) in [5.74, 6) is -1.74. The lowest BCUT2D eigenvalue weighted by Crippen LogP contribution is -2.22. The molecule has 1 heterocycles. The molecule has 0 aliphatic rings. The van der Waals surface area contributed by atoms with Gasteiger partial charge in [0, 0.05) is 5.56 Å². The molecule has 0 fully saturated rings. The van der Waals surface area contributed by atoms with Crippen molar-refractivity contribution in [3.05, 3.63) is 55.7 Å². The Hall–Kier alpha value is -0.680. The molecule has 0 saturated carbocycles. The molecule has 1 unspecified atom stereocenters. The van der Waals surface area contributed by atoms with Gasteiger partial charge in [-0.1, -0.05) is 36.2 Å². The highest BCUT2D eigenvalue weighted by atomic mass is 35.5. The Labute approximate surface area is 124 Å². The van der Waals surface area contributed by atoms with Gasteiger partial charge in [-0.2, -0.15) is 0 Å². The Morgan fingerprint density at radius 1 is 1.21 bits per heavy atom. The molecule has 6 heteroatoms. The molecule has 1 atom stereocenters. The Morgan fingerprint density at radius 3 is 2.47 bits per heavy atom. The lowest BCUT2D eigenvalue weighted by atomic mass is 10.0. The summed E-state index contributed by atoms with van der Waals surface area (Å²) in [7, 11) is 0. The fourth-order valence-electron chi connectivity index (χ4n) is 1.85. The summed E-state index contributed by atoms with van der Waals surface area (Å²) in [4.78, 5) is 0. The number of hydrogen-bond acceptors (Lipinski definition) is 2. The van der Waals surface area contributed by atoms with Crippen LogP contribution >= 0.6 is 34.5 Å². The molecule has 0 aliphatic carbocycles. The first kappa shape index (κ1) is 14.7. The van der Waals surface area contributed by atoms with Crippen LogP contribution in [0.5, 0.6) is 0 Å². The van der Waals surface area contributed by atoms with Gasteiger partial charge in [-0.3, -0.25) is 0 Å². The molecule has 0 amide bonds. The van der Waals surface area contributed by atoms with E-state index in [4.69, 9.17) is 23.2 Å². The zero-order valence-corrected chi connectivity index (χ0v) is 12.3. The number of rotatable bonds is 4. The van der Waals surface area contributed by atoms with E-state index in [2.05, 4.69) is 5.32 Å². The SMILES string of the molecule is CCNC(c1ccc(F)c(F)c1)c1cc(Cl)sc1Cl. The van der Waals surface area contributed by atoms with Gasteiger partial charge in [0.25, 0.3) is 0 Å². The number of hydrogen-bond donors (Lipinski definition) is 1. The summed E-state index contributed by atoms with van der Waals surface area (Å²) in [6, 6.07) is 5.24. The molecule has 1 nitrogen and oxygen atoms in total. The standard InChI is InChI=1S/C13H11Cl2F2NS/c1-2-18-12(8-6-11(14)19-13(8)15)7-3-4-9(16)10(17)5-7/h3-6,12,18H,2H2,1H3. The van der Waals surface area contributed by atoms with Crippen molar-refractivity contribution in [3.63, 3.8) is 0 Å². The first-order valence-corrected chi connectivity index (χ1v) is 7.23. The van der Waals surface area contributed by atoms with E-state index in [9.17, 15) is 8.78 Å². The highest BCUT2D eigenvalue weighted by molar-refractivity contribution is 7.20. The van der Waals surface area contributed by atoms with Gasteiger partial charge in [-0.25, -0.2) is 8.78 Å². The summed E-state index contributed by atoms with van der Waals surface area (Å²) in [5, 5.41) is 3.19.